The van der Waals surface area contributed by atoms with Gasteiger partial charge in [0.15, 0.2) is 5.16 Å². The van der Waals surface area contributed by atoms with Crippen molar-refractivity contribution in [3.63, 3.8) is 0 Å². The van der Waals surface area contributed by atoms with E-state index in [-0.39, 0.29) is 30.0 Å². The Morgan fingerprint density at radius 1 is 1.27 bits per heavy atom. The number of hydrogen-bond donors (Lipinski definition) is 1. The molecule has 10 heteroatoms. The maximum absolute atomic E-state index is 13.2. The molecule has 3 heterocycles. The second kappa shape index (κ2) is 9.05. The van der Waals surface area contributed by atoms with E-state index in [1.54, 1.807) is 4.90 Å². The van der Waals surface area contributed by atoms with Crippen molar-refractivity contribution in [2.75, 3.05) is 47.2 Å². The summed E-state index contributed by atoms with van der Waals surface area (Å²) < 4.78 is 7.46. The molecule has 1 aromatic carbocycles. The minimum Gasteiger partial charge on any atom is -0.378 e. The number of nitrogens with zero attached hydrogens (tertiary/aromatic N) is 5. The predicted octanol–water partition coefficient (Wildman–Crippen LogP) is 1.99. The van der Waals surface area contributed by atoms with E-state index in [0.29, 0.717) is 18.9 Å². The highest BCUT2D eigenvalue weighted by Crippen LogP contribution is 2.32. The zero-order chi connectivity index (χ0) is 21.1. The topological polar surface area (TPSA) is 92.6 Å². The number of rotatable bonds is 5. The third-order valence-corrected chi connectivity index (χ3v) is 6.21. The van der Waals surface area contributed by atoms with E-state index in [9.17, 15) is 9.59 Å². The molecule has 1 aromatic heterocycles. The number of para-hydroxylation sites is 2. The number of amides is 2. The summed E-state index contributed by atoms with van der Waals surface area (Å²) in [7, 11) is 0. The quantitative estimate of drug-likeness (QED) is 0.725. The van der Waals surface area contributed by atoms with Gasteiger partial charge < -0.3 is 19.9 Å². The van der Waals surface area contributed by atoms with Crippen LogP contribution < -0.4 is 15.1 Å². The van der Waals surface area contributed by atoms with Gasteiger partial charge in [-0.15, -0.1) is 10.2 Å². The van der Waals surface area contributed by atoms with Crippen LogP contribution in [0.2, 0.25) is 0 Å². The molecule has 1 atom stereocenters. The lowest BCUT2D eigenvalue weighted by atomic mass is 10.2. The zero-order valence-electron chi connectivity index (χ0n) is 17.2. The normalized spacial score (nSPS) is 19.3. The number of carbonyl (C=O) groups excluding carboxylic acids is 2. The second-order valence-electron chi connectivity index (χ2n) is 7.30. The van der Waals surface area contributed by atoms with Crippen molar-refractivity contribution < 1.29 is 14.3 Å². The van der Waals surface area contributed by atoms with Crippen LogP contribution >= 0.6 is 11.8 Å². The van der Waals surface area contributed by atoms with E-state index in [1.165, 1.54) is 11.8 Å². The fourth-order valence-corrected chi connectivity index (χ4v) is 4.68. The van der Waals surface area contributed by atoms with Crippen molar-refractivity contribution >= 4 is 40.9 Å². The molecule has 0 aliphatic carbocycles. The molecule has 2 aliphatic heterocycles. The van der Waals surface area contributed by atoms with E-state index in [4.69, 9.17) is 4.74 Å². The van der Waals surface area contributed by atoms with Gasteiger partial charge in [0.05, 0.1) is 30.3 Å². The Labute approximate surface area is 179 Å². The van der Waals surface area contributed by atoms with Gasteiger partial charge in [0.25, 0.3) is 0 Å². The van der Waals surface area contributed by atoms with Crippen molar-refractivity contribution in [1.82, 2.24) is 14.8 Å². The predicted molar refractivity (Wildman–Crippen MR) is 116 cm³/mol. The first-order valence-corrected chi connectivity index (χ1v) is 11.2. The minimum absolute atomic E-state index is 0.0602. The molecule has 0 bridgehead atoms. The van der Waals surface area contributed by atoms with Gasteiger partial charge in [-0.2, -0.15) is 0 Å². The summed E-state index contributed by atoms with van der Waals surface area (Å²) in [6.45, 7) is 7.58. The maximum Gasteiger partial charge on any atom is 0.237 e. The first-order chi connectivity index (χ1) is 14.6. The SMILES string of the molecule is CCn1c(SCC(=O)N2c3ccccc3NC(=O)C[C@H]2C)nnc1N1CCOCC1. The fraction of sp³-hybridized carbons (Fsp3) is 0.500. The highest BCUT2D eigenvalue weighted by Gasteiger charge is 2.30. The standard InChI is InChI=1S/C20H26N6O3S/c1-3-25-19(24-8-10-29-11-9-24)22-23-20(25)30-13-18(28)26-14(2)12-17(27)21-15-6-4-5-7-16(15)26/h4-7,14H,3,8-13H2,1-2H3,(H,21,27)/t14-/m1/s1. The average molecular weight is 431 g/mol. The molecule has 4 rings (SSSR count). The van der Waals surface area contributed by atoms with Crippen LogP contribution in [0.4, 0.5) is 17.3 Å². The van der Waals surface area contributed by atoms with Crippen LogP contribution in [0.5, 0.6) is 0 Å². The molecule has 1 N–H and O–H groups in total. The summed E-state index contributed by atoms with van der Waals surface area (Å²) in [6.07, 6.45) is 0.261. The Kier molecular flexibility index (Phi) is 6.24. The van der Waals surface area contributed by atoms with E-state index in [1.807, 2.05) is 42.7 Å². The number of carbonyl (C=O) groups is 2. The van der Waals surface area contributed by atoms with E-state index in [2.05, 4.69) is 20.4 Å². The fourth-order valence-electron chi connectivity index (χ4n) is 3.83. The van der Waals surface area contributed by atoms with Crippen LogP contribution in [-0.4, -0.2) is 64.7 Å². The lowest BCUT2D eigenvalue weighted by molar-refractivity contribution is -0.117. The third kappa shape index (κ3) is 4.15. The van der Waals surface area contributed by atoms with Gasteiger partial charge in [0.1, 0.15) is 0 Å². The largest absolute Gasteiger partial charge is 0.378 e. The van der Waals surface area contributed by atoms with Crippen molar-refractivity contribution in [1.29, 1.82) is 0 Å². The van der Waals surface area contributed by atoms with E-state index < -0.39 is 0 Å². The van der Waals surface area contributed by atoms with Crippen LogP contribution in [0.1, 0.15) is 20.3 Å². The van der Waals surface area contributed by atoms with Gasteiger partial charge in [-0.05, 0) is 26.0 Å². The van der Waals surface area contributed by atoms with Gasteiger partial charge in [-0.25, -0.2) is 0 Å². The Hall–Kier alpha value is -2.59. The molecular weight excluding hydrogens is 404 g/mol. The lowest BCUT2D eigenvalue weighted by Crippen LogP contribution is -2.40. The molecule has 2 amide bonds. The number of hydrogen-bond acceptors (Lipinski definition) is 7. The lowest BCUT2D eigenvalue weighted by Gasteiger charge is -2.28. The summed E-state index contributed by atoms with van der Waals surface area (Å²) in [5.74, 6) is 0.890. The van der Waals surface area contributed by atoms with Crippen molar-refractivity contribution in [3.05, 3.63) is 24.3 Å². The minimum atomic E-state index is -0.227. The Morgan fingerprint density at radius 3 is 2.80 bits per heavy atom. The number of aromatic nitrogens is 3. The number of ether oxygens (including phenoxy) is 1. The molecule has 0 spiro atoms. The molecule has 0 radical (unpaired) electrons. The number of thioether (sulfide) groups is 1. The van der Waals surface area contributed by atoms with E-state index >= 15 is 0 Å². The molecule has 0 saturated carbocycles. The second-order valence-corrected chi connectivity index (χ2v) is 8.24. The molecule has 2 aromatic rings. The van der Waals surface area contributed by atoms with E-state index in [0.717, 1.165) is 36.4 Å². The molecule has 160 valence electrons. The smallest absolute Gasteiger partial charge is 0.237 e. The van der Waals surface area contributed by atoms with Crippen LogP contribution in [0.25, 0.3) is 0 Å². The summed E-state index contributed by atoms with van der Waals surface area (Å²) in [5, 5.41) is 12.3. The Bertz CT molecular complexity index is 927. The van der Waals surface area contributed by atoms with Gasteiger partial charge in [-0.3, -0.25) is 14.2 Å². The van der Waals surface area contributed by atoms with Gasteiger partial charge >= 0.3 is 0 Å². The average Bonchev–Trinajstić information content (AvgIpc) is 3.11. The zero-order valence-corrected chi connectivity index (χ0v) is 18.0. The first kappa shape index (κ1) is 20.7. The maximum atomic E-state index is 13.2. The van der Waals surface area contributed by atoms with Gasteiger partial charge in [0, 0.05) is 32.1 Å². The summed E-state index contributed by atoms with van der Waals surface area (Å²) in [4.78, 5) is 29.2. The number of anilines is 3. The number of fused-ring (bicyclic) bond motifs is 1. The number of morpholine rings is 1. The molecular formula is C20H26N6O3S. The van der Waals surface area contributed by atoms with Gasteiger partial charge in [-0.1, -0.05) is 23.9 Å². The highest BCUT2D eigenvalue weighted by atomic mass is 32.2. The molecule has 1 fully saturated rings. The third-order valence-electron chi connectivity index (χ3n) is 5.26. The van der Waals surface area contributed by atoms with Crippen molar-refractivity contribution in [2.45, 2.75) is 38.0 Å². The molecule has 1 saturated heterocycles. The van der Waals surface area contributed by atoms with Gasteiger partial charge in [0.2, 0.25) is 17.8 Å². The number of nitrogens with one attached hydrogen (secondary N) is 1. The summed E-state index contributed by atoms with van der Waals surface area (Å²) in [5.41, 5.74) is 1.39. The highest BCUT2D eigenvalue weighted by molar-refractivity contribution is 7.99. The Balaban J connectivity index is 1.51. The molecule has 30 heavy (non-hydrogen) atoms. The molecule has 2 aliphatic rings. The monoisotopic (exact) mass is 430 g/mol. The first-order valence-electron chi connectivity index (χ1n) is 10.2. The molecule has 9 nitrogen and oxygen atoms in total. The van der Waals surface area contributed by atoms with Crippen molar-refractivity contribution in [2.24, 2.45) is 0 Å². The summed E-state index contributed by atoms with van der Waals surface area (Å²) >= 11 is 1.38. The van der Waals surface area contributed by atoms with Crippen molar-refractivity contribution in [3.8, 4) is 0 Å². The molecule has 0 unspecified atom stereocenters. The van der Waals surface area contributed by atoms with Crippen LogP contribution in [0.3, 0.4) is 0 Å². The van der Waals surface area contributed by atoms with Crippen LogP contribution in [0, 0.1) is 0 Å². The number of benzene rings is 1. The van der Waals surface area contributed by atoms with Crippen LogP contribution in [0.15, 0.2) is 29.4 Å². The Morgan fingerprint density at radius 2 is 2.03 bits per heavy atom. The van der Waals surface area contributed by atoms with Crippen LogP contribution in [-0.2, 0) is 20.9 Å². The summed E-state index contributed by atoms with van der Waals surface area (Å²) in [6, 6.07) is 7.18.